The summed E-state index contributed by atoms with van der Waals surface area (Å²) in [7, 11) is 0. The van der Waals surface area contributed by atoms with Crippen molar-refractivity contribution >= 4 is 5.91 Å². The molecule has 0 spiro atoms. The van der Waals surface area contributed by atoms with Gasteiger partial charge in [-0.1, -0.05) is 42.5 Å². The van der Waals surface area contributed by atoms with Gasteiger partial charge in [0.2, 0.25) is 5.91 Å². The zero-order chi connectivity index (χ0) is 12.3. The molecule has 3 nitrogen and oxygen atoms in total. The molecule has 0 radical (unpaired) electrons. The number of benzene rings is 2. The second-order valence-corrected chi connectivity index (χ2v) is 3.77. The van der Waals surface area contributed by atoms with Gasteiger partial charge in [-0.3, -0.25) is 4.79 Å². The zero-order valence-electron chi connectivity index (χ0n) is 9.39. The Labute approximate surface area is 100 Å². The fourth-order valence-electron chi connectivity index (χ4n) is 1.89. The molecular formula is C14H14N2O. The van der Waals surface area contributed by atoms with Crippen LogP contribution >= 0.6 is 0 Å². The van der Waals surface area contributed by atoms with Crippen molar-refractivity contribution in [3.63, 3.8) is 0 Å². The van der Waals surface area contributed by atoms with E-state index in [0.717, 1.165) is 16.7 Å². The molecule has 0 aliphatic heterocycles. The van der Waals surface area contributed by atoms with Crippen LogP contribution in [0.25, 0.3) is 11.1 Å². The number of hydrogen-bond donors (Lipinski definition) is 2. The molecule has 2 aromatic rings. The third kappa shape index (κ3) is 2.19. The smallest absolute Gasteiger partial charge is 0.249 e. The Kier molecular flexibility index (Phi) is 3.21. The Hall–Kier alpha value is -2.13. The van der Waals surface area contributed by atoms with Crippen LogP contribution in [0.2, 0.25) is 0 Å². The number of carbonyl (C=O) groups excluding carboxylic acids is 1. The number of nitrogens with two attached hydrogens (primary N) is 2. The van der Waals surface area contributed by atoms with Crippen molar-refractivity contribution in [3.05, 3.63) is 59.7 Å². The van der Waals surface area contributed by atoms with Gasteiger partial charge < -0.3 is 11.5 Å². The van der Waals surface area contributed by atoms with Gasteiger partial charge in [-0.25, -0.2) is 0 Å². The molecule has 0 aliphatic rings. The molecule has 0 atom stereocenters. The topological polar surface area (TPSA) is 69.1 Å². The van der Waals surface area contributed by atoms with Crippen molar-refractivity contribution in [2.75, 3.05) is 0 Å². The predicted molar refractivity (Wildman–Crippen MR) is 68.3 cm³/mol. The molecule has 0 bridgehead atoms. The number of primary amides is 1. The van der Waals surface area contributed by atoms with Gasteiger partial charge >= 0.3 is 0 Å². The average Bonchev–Trinajstić information content (AvgIpc) is 2.38. The first-order valence-corrected chi connectivity index (χ1v) is 5.41. The van der Waals surface area contributed by atoms with Crippen LogP contribution in [0.1, 0.15) is 15.9 Å². The normalized spacial score (nSPS) is 10.2. The summed E-state index contributed by atoms with van der Waals surface area (Å²) < 4.78 is 0. The predicted octanol–water partition coefficient (Wildman–Crippen LogP) is 1.91. The largest absolute Gasteiger partial charge is 0.366 e. The zero-order valence-corrected chi connectivity index (χ0v) is 9.39. The van der Waals surface area contributed by atoms with Crippen molar-refractivity contribution in [3.8, 4) is 11.1 Å². The van der Waals surface area contributed by atoms with E-state index in [2.05, 4.69) is 0 Å². The van der Waals surface area contributed by atoms with E-state index in [4.69, 9.17) is 11.5 Å². The summed E-state index contributed by atoms with van der Waals surface area (Å²) >= 11 is 0. The Morgan fingerprint density at radius 2 is 1.53 bits per heavy atom. The molecule has 1 amide bonds. The molecule has 2 rings (SSSR count). The standard InChI is InChI=1S/C14H14N2O/c15-9-10-5-1-2-6-11(10)12-7-3-4-8-13(12)14(16)17/h1-8H,9,15H2,(H2,16,17). The highest BCUT2D eigenvalue weighted by Gasteiger charge is 2.11. The number of carbonyl (C=O) groups is 1. The van der Waals surface area contributed by atoms with E-state index < -0.39 is 5.91 Å². The summed E-state index contributed by atoms with van der Waals surface area (Å²) in [6.45, 7) is 0.434. The maximum Gasteiger partial charge on any atom is 0.249 e. The summed E-state index contributed by atoms with van der Waals surface area (Å²) in [6, 6.07) is 15.0. The van der Waals surface area contributed by atoms with Gasteiger partial charge in [0.05, 0.1) is 0 Å². The minimum atomic E-state index is -0.424. The molecule has 0 saturated heterocycles. The second kappa shape index (κ2) is 4.80. The van der Waals surface area contributed by atoms with E-state index in [0.29, 0.717) is 12.1 Å². The van der Waals surface area contributed by atoms with E-state index in [1.807, 2.05) is 36.4 Å². The average molecular weight is 226 g/mol. The SMILES string of the molecule is NCc1ccccc1-c1ccccc1C(N)=O. The van der Waals surface area contributed by atoms with Gasteiger partial charge in [0, 0.05) is 12.1 Å². The number of amides is 1. The molecule has 0 saturated carbocycles. The maximum atomic E-state index is 11.4. The molecule has 86 valence electrons. The summed E-state index contributed by atoms with van der Waals surface area (Å²) in [5.74, 6) is -0.424. The van der Waals surface area contributed by atoms with Gasteiger partial charge in [0.1, 0.15) is 0 Å². The molecule has 0 aromatic heterocycles. The summed E-state index contributed by atoms with van der Waals surface area (Å²) in [4.78, 5) is 11.4. The van der Waals surface area contributed by atoms with Crippen LogP contribution in [0.3, 0.4) is 0 Å². The van der Waals surface area contributed by atoms with E-state index in [-0.39, 0.29) is 0 Å². The Morgan fingerprint density at radius 1 is 0.941 bits per heavy atom. The lowest BCUT2D eigenvalue weighted by Gasteiger charge is -2.10. The molecule has 4 N–H and O–H groups in total. The van der Waals surface area contributed by atoms with E-state index >= 15 is 0 Å². The first-order valence-electron chi connectivity index (χ1n) is 5.41. The van der Waals surface area contributed by atoms with Crippen LogP contribution in [0.5, 0.6) is 0 Å². The van der Waals surface area contributed by atoms with Crippen molar-refractivity contribution in [2.24, 2.45) is 11.5 Å². The Morgan fingerprint density at radius 3 is 2.18 bits per heavy atom. The van der Waals surface area contributed by atoms with Crippen LogP contribution in [0, 0.1) is 0 Å². The quantitative estimate of drug-likeness (QED) is 0.839. The monoisotopic (exact) mass is 226 g/mol. The van der Waals surface area contributed by atoms with E-state index in [1.54, 1.807) is 12.1 Å². The molecule has 2 aromatic carbocycles. The second-order valence-electron chi connectivity index (χ2n) is 3.77. The highest BCUT2D eigenvalue weighted by Crippen LogP contribution is 2.26. The van der Waals surface area contributed by atoms with Crippen LogP contribution in [0.4, 0.5) is 0 Å². The Bertz CT molecular complexity index is 549. The van der Waals surface area contributed by atoms with Gasteiger partial charge in [-0.2, -0.15) is 0 Å². The van der Waals surface area contributed by atoms with Gasteiger partial charge in [0.25, 0.3) is 0 Å². The third-order valence-electron chi connectivity index (χ3n) is 2.72. The first kappa shape index (κ1) is 11.4. The summed E-state index contributed by atoms with van der Waals surface area (Å²) in [6.07, 6.45) is 0. The molecular weight excluding hydrogens is 212 g/mol. The lowest BCUT2D eigenvalue weighted by atomic mass is 9.95. The van der Waals surface area contributed by atoms with Crippen molar-refractivity contribution < 1.29 is 4.79 Å². The number of hydrogen-bond acceptors (Lipinski definition) is 2. The third-order valence-corrected chi connectivity index (χ3v) is 2.72. The van der Waals surface area contributed by atoms with Crippen LogP contribution in [-0.4, -0.2) is 5.91 Å². The minimum Gasteiger partial charge on any atom is -0.366 e. The molecule has 3 heteroatoms. The van der Waals surface area contributed by atoms with E-state index in [1.165, 1.54) is 0 Å². The van der Waals surface area contributed by atoms with Crippen molar-refractivity contribution in [2.45, 2.75) is 6.54 Å². The molecule has 0 aliphatic carbocycles. The van der Waals surface area contributed by atoms with Gasteiger partial charge in [-0.15, -0.1) is 0 Å². The van der Waals surface area contributed by atoms with Crippen molar-refractivity contribution in [1.29, 1.82) is 0 Å². The first-order chi connectivity index (χ1) is 8.24. The fraction of sp³-hybridized carbons (Fsp3) is 0.0714. The van der Waals surface area contributed by atoms with Gasteiger partial charge in [-0.05, 0) is 22.8 Å². The summed E-state index contributed by atoms with van der Waals surface area (Å²) in [5.41, 5.74) is 14.4. The highest BCUT2D eigenvalue weighted by molar-refractivity contribution is 6.00. The lowest BCUT2D eigenvalue weighted by molar-refractivity contribution is 0.100. The minimum absolute atomic E-state index is 0.424. The van der Waals surface area contributed by atoms with Gasteiger partial charge in [0.15, 0.2) is 0 Å². The highest BCUT2D eigenvalue weighted by atomic mass is 16.1. The van der Waals surface area contributed by atoms with Crippen LogP contribution in [0.15, 0.2) is 48.5 Å². The lowest BCUT2D eigenvalue weighted by Crippen LogP contribution is -2.12. The van der Waals surface area contributed by atoms with Crippen LogP contribution < -0.4 is 11.5 Å². The fourth-order valence-corrected chi connectivity index (χ4v) is 1.89. The molecule has 17 heavy (non-hydrogen) atoms. The summed E-state index contributed by atoms with van der Waals surface area (Å²) in [5, 5.41) is 0. The molecule has 0 unspecified atom stereocenters. The maximum absolute atomic E-state index is 11.4. The number of rotatable bonds is 3. The van der Waals surface area contributed by atoms with Crippen molar-refractivity contribution in [1.82, 2.24) is 0 Å². The van der Waals surface area contributed by atoms with E-state index in [9.17, 15) is 4.79 Å². The Balaban J connectivity index is 2.64. The molecule has 0 heterocycles. The molecule has 0 fully saturated rings. The van der Waals surface area contributed by atoms with Crippen LogP contribution in [-0.2, 0) is 6.54 Å².